The zero-order valence-corrected chi connectivity index (χ0v) is 11.2. The summed E-state index contributed by atoms with van der Waals surface area (Å²) < 4.78 is 41.8. The van der Waals surface area contributed by atoms with Crippen LogP contribution in [0.3, 0.4) is 0 Å². The van der Waals surface area contributed by atoms with Crippen LogP contribution in [0.25, 0.3) is 10.8 Å². The number of halogens is 3. The van der Waals surface area contributed by atoms with Crippen LogP contribution in [0.4, 0.5) is 13.2 Å². The summed E-state index contributed by atoms with van der Waals surface area (Å²) in [5.74, 6) is 0.697. The number of nitrogens with one attached hydrogen (secondary N) is 1. The van der Waals surface area contributed by atoms with E-state index in [1.54, 1.807) is 37.4 Å². The maximum absolute atomic E-state index is 12.2. The van der Waals surface area contributed by atoms with E-state index in [4.69, 9.17) is 10.00 Å². The molecule has 21 heavy (non-hydrogen) atoms. The molecule has 0 aliphatic carbocycles. The Kier molecular flexibility index (Phi) is 4.34. The minimum Gasteiger partial charge on any atom is -0.497 e. The molecule has 0 saturated heterocycles. The van der Waals surface area contributed by atoms with E-state index >= 15 is 0 Å². The van der Waals surface area contributed by atoms with Gasteiger partial charge in [-0.1, -0.05) is 18.2 Å². The number of alkyl halides is 3. The molecule has 0 heterocycles. The van der Waals surface area contributed by atoms with Gasteiger partial charge in [-0.3, -0.25) is 5.32 Å². The van der Waals surface area contributed by atoms with Gasteiger partial charge >= 0.3 is 6.18 Å². The molecule has 0 amide bonds. The number of rotatable bonds is 4. The number of methoxy groups -OCH3 is 1. The second-order valence-electron chi connectivity index (χ2n) is 4.53. The van der Waals surface area contributed by atoms with Crippen LogP contribution < -0.4 is 10.1 Å². The van der Waals surface area contributed by atoms with Gasteiger partial charge in [0.15, 0.2) is 0 Å². The van der Waals surface area contributed by atoms with Crippen molar-refractivity contribution in [2.24, 2.45) is 0 Å². The van der Waals surface area contributed by atoms with Gasteiger partial charge in [0, 0.05) is 0 Å². The van der Waals surface area contributed by atoms with Gasteiger partial charge in [-0.15, -0.1) is 0 Å². The molecule has 3 nitrogen and oxygen atoms in total. The van der Waals surface area contributed by atoms with Crippen molar-refractivity contribution >= 4 is 10.8 Å². The smallest absolute Gasteiger partial charge is 0.401 e. The van der Waals surface area contributed by atoms with E-state index in [1.807, 2.05) is 12.1 Å². The summed E-state index contributed by atoms with van der Waals surface area (Å²) in [6.07, 6.45) is -4.35. The van der Waals surface area contributed by atoms with Gasteiger partial charge in [0.05, 0.1) is 19.7 Å². The molecule has 6 heteroatoms. The summed E-state index contributed by atoms with van der Waals surface area (Å²) in [5.41, 5.74) is 0.499. The van der Waals surface area contributed by atoms with Gasteiger partial charge in [0.25, 0.3) is 0 Å². The Hall–Kier alpha value is -2.26. The summed E-state index contributed by atoms with van der Waals surface area (Å²) in [7, 11) is 1.56. The first-order valence-corrected chi connectivity index (χ1v) is 6.20. The summed E-state index contributed by atoms with van der Waals surface area (Å²) in [6.45, 7) is -1.20. The maximum atomic E-state index is 12.2. The number of benzene rings is 2. The molecule has 1 atom stereocenters. The fourth-order valence-corrected chi connectivity index (χ4v) is 2.00. The Morgan fingerprint density at radius 2 is 1.86 bits per heavy atom. The lowest BCUT2D eigenvalue weighted by molar-refractivity contribution is -0.125. The van der Waals surface area contributed by atoms with Crippen LogP contribution >= 0.6 is 0 Å². The quantitative estimate of drug-likeness (QED) is 0.937. The molecule has 0 aliphatic heterocycles. The third kappa shape index (κ3) is 3.86. The zero-order chi connectivity index (χ0) is 15.5. The van der Waals surface area contributed by atoms with Crippen molar-refractivity contribution < 1.29 is 17.9 Å². The molecular formula is C15H13F3N2O. The Labute approximate surface area is 119 Å². The lowest BCUT2D eigenvalue weighted by atomic mass is 10.0. The van der Waals surface area contributed by atoms with Gasteiger partial charge in [0.1, 0.15) is 11.8 Å². The highest BCUT2D eigenvalue weighted by Crippen LogP contribution is 2.25. The average Bonchev–Trinajstić information content (AvgIpc) is 2.46. The van der Waals surface area contributed by atoms with E-state index in [9.17, 15) is 13.2 Å². The van der Waals surface area contributed by atoms with Crippen LogP contribution in [-0.2, 0) is 0 Å². The number of nitrogens with zero attached hydrogens (tertiary/aromatic N) is 1. The van der Waals surface area contributed by atoms with Gasteiger partial charge in [-0.25, -0.2) is 0 Å². The Morgan fingerprint density at radius 1 is 1.19 bits per heavy atom. The van der Waals surface area contributed by atoms with Crippen molar-refractivity contribution in [1.29, 1.82) is 5.26 Å². The first-order valence-electron chi connectivity index (χ1n) is 6.20. The SMILES string of the molecule is COc1ccc2cc(C(C#N)NCC(F)(F)F)ccc2c1. The standard InChI is InChI=1S/C15H13F3N2O/c1-21-13-5-4-10-6-12(3-2-11(10)7-13)14(8-19)20-9-15(16,17)18/h2-7,14,20H,9H2,1H3. The number of nitriles is 1. The van der Waals surface area contributed by atoms with Crippen molar-refractivity contribution in [3.8, 4) is 11.8 Å². The third-order valence-corrected chi connectivity index (χ3v) is 3.04. The fourth-order valence-electron chi connectivity index (χ4n) is 2.00. The monoisotopic (exact) mass is 294 g/mol. The molecule has 1 unspecified atom stereocenters. The highest BCUT2D eigenvalue weighted by atomic mass is 19.4. The first kappa shape index (κ1) is 15.1. The third-order valence-electron chi connectivity index (χ3n) is 3.04. The van der Waals surface area contributed by atoms with Crippen molar-refractivity contribution in [3.63, 3.8) is 0 Å². The molecule has 0 bridgehead atoms. The normalized spacial score (nSPS) is 12.9. The summed E-state index contributed by atoms with van der Waals surface area (Å²) in [4.78, 5) is 0. The summed E-state index contributed by atoms with van der Waals surface area (Å²) in [5, 5.41) is 13.0. The van der Waals surface area contributed by atoms with Crippen LogP contribution in [0.1, 0.15) is 11.6 Å². The van der Waals surface area contributed by atoms with Crippen molar-refractivity contribution in [3.05, 3.63) is 42.0 Å². The number of hydrogen-bond acceptors (Lipinski definition) is 3. The highest BCUT2D eigenvalue weighted by molar-refractivity contribution is 5.84. The lowest BCUT2D eigenvalue weighted by Gasteiger charge is -2.14. The molecule has 110 valence electrons. The van der Waals surface area contributed by atoms with Crippen LogP contribution in [0.5, 0.6) is 5.75 Å². The maximum Gasteiger partial charge on any atom is 0.401 e. The largest absolute Gasteiger partial charge is 0.497 e. The molecule has 2 rings (SSSR count). The summed E-state index contributed by atoms with van der Waals surface area (Å²) in [6, 6.07) is 11.3. The predicted molar refractivity (Wildman–Crippen MR) is 72.9 cm³/mol. The second kappa shape index (κ2) is 6.02. The minimum atomic E-state index is -4.35. The van der Waals surface area contributed by atoms with Gasteiger partial charge in [0.2, 0.25) is 0 Å². The molecule has 2 aromatic rings. The molecular weight excluding hydrogens is 281 g/mol. The highest BCUT2D eigenvalue weighted by Gasteiger charge is 2.28. The van der Waals surface area contributed by atoms with E-state index in [2.05, 4.69) is 5.32 Å². The van der Waals surface area contributed by atoms with Crippen LogP contribution in [0.15, 0.2) is 36.4 Å². The molecule has 0 fully saturated rings. The Morgan fingerprint density at radius 3 is 2.48 bits per heavy atom. The van der Waals surface area contributed by atoms with E-state index in [-0.39, 0.29) is 0 Å². The number of ether oxygens (including phenoxy) is 1. The van der Waals surface area contributed by atoms with Crippen molar-refractivity contribution in [1.82, 2.24) is 5.32 Å². The van der Waals surface area contributed by atoms with Gasteiger partial charge < -0.3 is 4.74 Å². The molecule has 2 aromatic carbocycles. The fraction of sp³-hybridized carbons (Fsp3) is 0.267. The molecule has 0 saturated carbocycles. The van der Waals surface area contributed by atoms with Crippen LogP contribution in [-0.4, -0.2) is 19.8 Å². The molecule has 0 spiro atoms. The Bertz CT molecular complexity index is 677. The van der Waals surface area contributed by atoms with Crippen molar-refractivity contribution in [2.45, 2.75) is 12.2 Å². The van der Waals surface area contributed by atoms with Crippen LogP contribution in [0.2, 0.25) is 0 Å². The zero-order valence-electron chi connectivity index (χ0n) is 11.2. The summed E-state index contributed by atoms with van der Waals surface area (Å²) >= 11 is 0. The predicted octanol–water partition coefficient (Wildman–Crippen LogP) is 3.56. The molecule has 0 radical (unpaired) electrons. The second-order valence-corrected chi connectivity index (χ2v) is 4.53. The van der Waals surface area contributed by atoms with Gasteiger partial charge in [-0.05, 0) is 34.5 Å². The van der Waals surface area contributed by atoms with Crippen molar-refractivity contribution in [2.75, 3.05) is 13.7 Å². The van der Waals surface area contributed by atoms with E-state index in [1.165, 1.54) is 0 Å². The Balaban J connectivity index is 2.26. The minimum absolute atomic E-state index is 0.499. The van der Waals surface area contributed by atoms with E-state index in [0.29, 0.717) is 11.3 Å². The van der Waals surface area contributed by atoms with Crippen LogP contribution in [0, 0.1) is 11.3 Å². The number of hydrogen-bond donors (Lipinski definition) is 1. The molecule has 0 aromatic heterocycles. The van der Waals surface area contributed by atoms with Gasteiger partial charge in [-0.2, -0.15) is 18.4 Å². The first-order chi connectivity index (χ1) is 9.93. The molecule has 1 N–H and O–H groups in total. The van der Waals surface area contributed by atoms with E-state index < -0.39 is 18.8 Å². The topological polar surface area (TPSA) is 45.0 Å². The van der Waals surface area contributed by atoms with E-state index in [0.717, 1.165) is 10.8 Å². The average molecular weight is 294 g/mol. The molecule has 0 aliphatic rings. The lowest BCUT2D eigenvalue weighted by Crippen LogP contribution is -2.31. The number of fused-ring (bicyclic) bond motifs is 1.